The van der Waals surface area contributed by atoms with Crippen molar-refractivity contribution in [1.29, 1.82) is 0 Å². The summed E-state index contributed by atoms with van der Waals surface area (Å²) in [5, 5.41) is 0. The smallest absolute Gasteiger partial charge is 0.414 e. The minimum atomic E-state index is -3.32. The zero-order valence-electron chi connectivity index (χ0n) is 9.21. The molecule has 1 fully saturated rings. The number of cyclic esters (lactones) is 1. The Balaban J connectivity index is 2.25. The number of carbonyl (C=O) groups is 1. The fraction of sp³-hybridized carbons (Fsp3) is 0.300. The summed E-state index contributed by atoms with van der Waals surface area (Å²) >= 11 is 0. The number of sulfonamides is 1. The van der Waals surface area contributed by atoms with E-state index in [9.17, 15) is 13.2 Å². The fourth-order valence-corrected chi connectivity index (χ4v) is 2.13. The number of carbonyl (C=O) groups excluding carboxylic acids is 1. The monoisotopic (exact) mass is 256 g/mol. The van der Waals surface area contributed by atoms with Crippen LogP contribution in [0.3, 0.4) is 0 Å². The molecular weight excluding hydrogens is 244 g/mol. The highest BCUT2D eigenvalue weighted by molar-refractivity contribution is 7.92. The van der Waals surface area contributed by atoms with Crippen molar-refractivity contribution in [2.24, 2.45) is 0 Å². The highest BCUT2D eigenvalue weighted by Crippen LogP contribution is 2.22. The van der Waals surface area contributed by atoms with Crippen LogP contribution in [0.1, 0.15) is 0 Å². The van der Waals surface area contributed by atoms with Crippen LogP contribution >= 0.6 is 0 Å². The molecule has 0 spiro atoms. The Morgan fingerprint density at radius 1 is 1.41 bits per heavy atom. The van der Waals surface area contributed by atoms with Crippen LogP contribution < -0.4 is 9.62 Å². The van der Waals surface area contributed by atoms with Crippen molar-refractivity contribution in [3.8, 4) is 0 Å². The van der Waals surface area contributed by atoms with Crippen LogP contribution in [0.5, 0.6) is 0 Å². The van der Waals surface area contributed by atoms with E-state index in [4.69, 9.17) is 4.74 Å². The SMILES string of the molecule is CS(=O)(=O)Nc1cccc(N2CCOC2=O)c1. The first-order chi connectivity index (χ1) is 7.96. The Kier molecular flexibility index (Phi) is 2.93. The molecule has 0 aliphatic carbocycles. The molecule has 1 aliphatic heterocycles. The zero-order valence-corrected chi connectivity index (χ0v) is 10.0. The summed E-state index contributed by atoms with van der Waals surface area (Å²) in [6.07, 6.45) is 0.658. The van der Waals surface area contributed by atoms with Gasteiger partial charge >= 0.3 is 6.09 Å². The van der Waals surface area contributed by atoms with Crippen LogP contribution in [-0.4, -0.2) is 33.9 Å². The molecule has 0 aromatic heterocycles. The highest BCUT2D eigenvalue weighted by atomic mass is 32.2. The van der Waals surface area contributed by atoms with Gasteiger partial charge in [-0.1, -0.05) is 6.07 Å². The number of nitrogens with one attached hydrogen (secondary N) is 1. The van der Waals surface area contributed by atoms with Crippen LogP contribution in [0, 0.1) is 0 Å². The average Bonchev–Trinajstić information content (AvgIpc) is 2.62. The van der Waals surface area contributed by atoms with Crippen molar-refractivity contribution in [2.45, 2.75) is 0 Å². The Labute approximate surface area is 99.2 Å². The van der Waals surface area contributed by atoms with Crippen molar-refractivity contribution in [3.63, 3.8) is 0 Å². The van der Waals surface area contributed by atoms with E-state index in [2.05, 4.69) is 4.72 Å². The Morgan fingerprint density at radius 2 is 2.18 bits per heavy atom. The minimum absolute atomic E-state index is 0.350. The number of amides is 1. The minimum Gasteiger partial charge on any atom is -0.447 e. The molecule has 0 saturated carbocycles. The summed E-state index contributed by atoms with van der Waals surface area (Å²) < 4.78 is 29.3. The standard InChI is InChI=1S/C10H12N2O4S/c1-17(14,15)11-8-3-2-4-9(7-8)12-5-6-16-10(12)13/h2-4,7,11H,5-6H2,1H3. The number of anilines is 2. The lowest BCUT2D eigenvalue weighted by molar-refractivity contribution is 0.181. The van der Waals surface area contributed by atoms with Crippen molar-refractivity contribution >= 4 is 27.5 Å². The number of hydrogen-bond donors (Lipinski definition) is 1. The van der Waals surface area contributed by atoms with Gasteiger partial charge in [0, 0.05) is 5.69 Å². The third-order valence-electron chi connectivity index (χ3n) is 2.22. The number of ether oxygens (including phenoxy) is 1. The molecular formula is C10H12N2O4S. The summed E-state index contributed by atoms with van der Waals surface area (Å²) in [5.41, 5.74) is 1.03. The second-order valence-electron chi connectivity index (χ2n) is 3.69. The maximum absolute atomic E-state index is 11.3. The third-order valence-corrected chi connectivity index (χ3v) is 2.83. The molecule has 1 amide bonds. The van der Waals surface area contributed by atoms with Crippen LogP contribution in [0.4, 0.5) is 16.2 Å². The molecule has 1 aromatic carbocycles. The van der Waals surface area contributed by atoms with Crippen LogP contribution in [-0.2, 0) is 14.8 Å². The van der Waals surface area contributed by atoms with Gasteiger partial charge in [-0.3, -0.25) is 9.62 Å². The summed E-state index contributed by atoms with van der Waals surface area (Å²) in [7, 11) is -3.32. The Morgan fingerprint density at radius 3 is 2.76 bits per heavy atom. The molecule has 17 heavy (non-hydrogen) atoms. The number of rotatable bonds is 3. The summed E-state index contributed by atoms with van der Waals surface area (Å²) in [5.74, 6) is 0. The van der Waals surface area contributed by atoms with E-state index in [1.807, 2.05) is 0 Å². The predicted molar refractivity (Wildman–Crippen MR) is 63.6 cm³/mol. The van der Waals surface area contributed by atoms with Gasteiger partial charge in [-0.2, -0.15) is 0 Å². The number of hydrogen-bond acceptors (Lipinski definition) is 4. The van der Waals surface area contributed by atoms with Crippen molar-refractivity contribution in [3.05, 3.63) is 24.3 Å². The second kappa shape index (κ2) is 4.25. The van der Waals surface area contributed by atoms with Crippen molar-refractivity contribution in [1.82, 2.24) is 0 Å². The molecule has 7 heteroatoms. The maximum Gasteiger partial charge on any atom is 0.414 e. The van der Waals surface area contributed by atoms with Crippen molar-refractivity contribution in [2.75, 3.05) is 29.0 Å². The lowest BCUT2D eigenvalue weighted by Crippen LogP contribution is -2.23. The van der Waals surface area contributed by atoms with Gasteiger partial charge < -0.3 is 4.74 Å². The summed E-state index contributed by atoms with van der Waals surface area (Å²) in [6, 6.07) is 6.61. The van der Waals surface area contributed by atoms with E-state index in [1.165, 1.54) is 4.90 Å². The molecule has 1 aromatic rings. The molecule has 92 valence electrons. The van der Waals surface area contributed by atoms with Gasteiger partial charge in [-0.25, -0.2) is 13.2 Å². The lowest BCUT2D eigenvalue weighted by atomic mass is 10.2. The summed E-state index contributed by atoms with van der Waals surface area (Å²) in [6.45, 7) is 0.823. The summed E-state index contributed by atoms with van der Waals surface area (Å²) in [4.78, 5) is 12.8. The average molecular weight is 256 g/mol. The van der Waals surface area contributed by atoms with E-state index in [0.717, 1.165) is 6.26 Å². The molecule has 1 saturated heterocycles. The zero-order chi connectivity index (χ0) is 12.5. The maximum atomic E-state index is 11.3. The van der Waals surface area contributed by atoms with Gasteiger partial charge in [-0.05, 0) is 18.2 Å². The highest BCUT2D eigenvalue weighted by Gasteiger charge is 2.23. The molecule has 2 rings (SSSR count). The van der Waals surface area contributed by atoms with Gasteiger partial charge in [0.2, 0.25) is 10.0 Å². The van der Waals surface area contributed by atoms with Gasteiger partial charge in [-0.15, -0.1) is 0 Å². The fourth-order valence-electron chi connectivity index (χ4n) is 1.58. The Hall–Kier alpha value is -1.76. The predicted octanol–water partition coefficient (Wildman–Crippen LogP) is 1.01. The van der Waals surface area contributed by atoms with Crippen LogP contribution in [0.2, 0.25) is 0 Å². The second-order valence-corrected chi connectivity index (χ2v) is 5.44. The molecule has 1 aliphatic rings. The Bertz CT molecular complexity index is 541. The van der Waals surface area contributed by atoms with Crippen molar-refractivity contribution < 1.29 is 17.9 Å². The molecule has 0 atom stereocenters. The normalized spacial score (nSPS) is 15.8. The van der Waals surface area contributed by atoms with Crippen LogP contribution in [0.15, 0.2) is 24.3 Å². The lowest BCUT2D eigenvalue weighted by Gasteiger charge is -2.13. The third kappa shape index (κ3) is 2.88. The quantitative estimate of drug-likeness (QED) is 0.875. The van der Waals surface area contributed by atoms with Crippen LogP contribution in [0.25, 0.3) is 0 Å². The van der Waals surface area contributed by atoms with Gasteiger partial charge in [0.05, 0.1) is 18.5 Å². The first-order valence-electron chi connectivity index (χ1n) is 4.98. The van der Waals surface area contributed by atoms with E-state index in [-0.39, 0.29) is 0 Å². The van der Waals surface area contributed by atoms with E-state index in [0.29, 0.717) is 24.5 Å². The molecule has 0 bridgehead atoms. The number of benzene rings is 1. The van der Waals surface area contributed by atoms with E-state index in [1.54, 1.807) is 24.3 Å². The van der Waals surface area contributed by atoms with Gasteiger partial charge in [0.15, 0.2) is 0 Å². The van der Waals surface area contributed by atoms with E-state index >= 15 is 0 Å². The molecule has 1 N–H and O–H groups in total. The number of nitrogens with zero attached hydrogens (tertiary/aromatic N) is 1. The molecule has 1 heterocycles. The largest absolute Gasteiger partial charge is 0.447 e. The van der Waals surface area contributed by atoms with Gasteiger partial charge in [0.1, 0.15) is 6.61 Å². The molecule has 6 nitrogen and oxygen atoms in total. The topological polar surface area (TPSA) is 75.7 Å². The molecule has 0 unspecified atom stereocenters. The van der Waals surface area contributed by atoms with Gasteiger partial charge in [0.25, 0.3) is 0 Å². The van der Waals surface area contributed by atoms with E-state index < -0.39 is 16.1 Å². The first kappa shape index (κ1) is 11.7. The molecule has 0 radical (unpaired) electrons. The first-order valence-corrected chi connectivity index (χ1v) is 6.87.